The van der Waals surface area contributed by atoms with E-state index in [0.29, 0.717) is 0 Å². The second-order valence-corrected chi connectivity index (χ2v) is 7.59. The van der Waals surface area contributed by atoms with Crippen LogP contribution in [0.5, 0.6) is 0 Å². The zero-order valence-electron chi connectivity index (χ0n) is 14.0. The molecule has 2 aromatic heterocycles. The van der Waals surface area contributed by atoms with Crippen molar-refractivity contribution in [3.8, 4) is 5.69 Å². The van der Waals surface area contributed by atoms with Crippen LogP contribution in [0.25, 0.3) is 48.4 Å². The first kappa shape index (κ1) is 14.1. The third-order valence-corrected chi connectivity index (χ3v) is 6.16. The van der Waals surface area contributed by atoms with E-state index in [0.717, 1.165) is 0 Å². The second kappa shape index (κ2) is 5.20. The molecule has 0 spiro atoms. The third kappa shape index (κ3) is 1.80. The quantitative estimate of drug-likeness (QED) is 0.297. The normalized spacial score (nSPS) is 11.8. The fourth-order valence-electron chi connectivity index (χ4n) is 4.17. The molecule has 0 fully saturated rings. The standard InChI is InChI=1S/C24H15NS/c1-2-8-17-16(6-1)7-5-11-20(17)25-21-10-4-3-9-18(21)24-19-14-15-26-23(19)13-12-22(24)25/h1-15H. The Hall–Kier alpha value is -3.10. The maximum atomic E-state index is 2.42. The van der Waals surface area contributed by atoms with Gasteiger partial charge in [-0.25, -0.2) is 0 Å². The summed E-state index contributed by atoms with van der Waals surface area (Å²) in [6.07, 6.45) is 0. The monoisotopic (exact) mass is 349 g/mol. The van der Waals surface area contributed by atoms with E-state index in [2.05, 4.69) is 94.9 Å². The number of aromatic nitrogens is 1. The third-order valence-electron chi connectivity index (χ3n) is 5.28. The van der Waals surface area contributed by atoms with Crippen LogP contribution in [0.4, 0.5) is 0 Å². The van der Waals surface area contributed by atoms with E-state index in [9.17, 15) is 0 Å². The highest BCUT2D eigenvalue weighted by Crippen LogP contribution is 2.39. The number of thiophene rings is 1. The molecule has 122 valence electrons. The average Bonchev–Trinajstić information content (AvgIpc) is 3.29. The number of nitrogens with zero attached hydrogens (tertiary/aromatic N) is 1. The smallest absolute Gasteiger partial charge is 0.0548 e. The van der Waals surface area contributed by atoms with Gasteiger partial charge >= 0.3 is 0 Å². The van der Waals surface area contributed by atoms with Gasteiger partial charge in [0.15, 0.2) is 0 Å². The summed E-state index contributed by atoms with van der Waals surface area (Å²) >= 11 is 1.81. The highest BCUT2D eigenvalue weighted by Gasteiger charge is 2.15. The van der Waals surface area contributed by atoms with Crippen LogP contribution in [-0.4, -0.2) is 4.57 Å². The van der Waals surface area contributed by atoms with Crippen molar-refractivity contribution in [1.29, 1.82) is 0 Å². The van der Waals surface area contributed by atoms with Crippen molar-refractivity contribution in [2.75, 3.05) is 0 Å². The van der Waals surface area contributed by atoms with Crippen molar-refractivity contribution in [1.82, 2.24) is 4.57 Å². The molecular formula is C24H15NS. The van der Waals surface area contributed by atoms with Gasteiger partial charge in [0.2, 0.25) is 0 Å². The van der Waals surface area contributed by atoms with E-state index < -0.39 is 0 Å². The molecule has 6 rings (SSSR count). The summed E-state index contributed by atoms with van der Waals surface area (Å²) in [4.78, 5) is 0. The summed E-state index contributed by atoms with van der Waals surface area (Å²) in [6.45, 7) is 0. The number of para-hydroxylation sites is 1. The van der Waals surface area contributed by atoms with Crippen LogP contribution in [-0.2, 0) is 0 Å². The molecule has 0 aliphatic carbocycles. The van der Waals surface area contributed by atoms with E-state index in [4.69, 9.17) is 0 Å². The molecule has 4 aromatic carbocycles. The molecule has 0 atom stereocenters. The van der Waals surface area contributed by atoms with Gasteiger partial charge in [-0.2, -0.15) is 0 Å². The Bertz CT molecular complexity index is 1430. The summed E-state index contributed by atoms with van der Waals surface area (Å²) in [6, 6.07) is 30.7. The second-order valence-electron chi connectivity index (χ2n) is 6.64. The van der Waals surface area contributed by atoms with E-state index in [-0.39, 0.29) is 0 Å². The van der Waals surface area contributed by atoms with Crippen molar-refractivity contribution >= 4 is 54.0 Å². The lowest BCUT2D eigenvalue weighted by molar-refractivity contribution is 1.20. The van der Waals surface area contributed by atoms with Gasteiger partial charge in [0.1, 0.15) is 0 Å². The van der Waals surface area contributed by atoms with Crippen LogP contribution in [0.15, 0.2) is 90.3 Å². The molecule has 0 aliphatic rings. The Morgan fingerprint density at radius 2 is 1.38 bits per heavy atom. The van der Waals surface area contributed by atoms with Gasteiger partial charge in [-0.1, -0.05) is 54.6 Å². The van der Waals surface area contributed by atoms with E-state index in [1.165, 1.54) is 48.4 Å². The number of rotatable bonds is 1. The molecule has 0 saturated heterocycles. The van der Waals surface area contributed by atoms with Crippen LogP contribution >= 0.6 is 11.3 Å². The summed E-state index contributed by atoms with van der Waals surface area (Å²) < 4.78 is 3.77. The van der Waals surface area contributed by atoms with Crippen molar-refractivity contribution < 1.29 is 0 Å². The first-order valence-electron chi connectivity index (χ1n) is 8.79. The zero-order valence-corrected chi connectivity index (χ0v) is 14.8. The maximum Gasteiger partial charge on any atom is 0.0548 e. The van der Waals surface area contributed by atoms with Crippen LogP contribution in [0.2, 0.25) is 0 Å². The molecule has 2 heteroatoms. The molecule has 0 saturated carbocycles. The number of hydrogen-bond donors (Lipinski definition) is 0. The fourth-order valence-corrected chi connectivity index (χ4v) is 4.97. The average molecular weight is 349 g/mol. The topological polar surface area (TPSA) is 4.93 Å². The molecule has 0 bridgehead atoms. The molecule has 0 N–H and O–H groups in total. The number of hydrogen-bond acceptors (Lipinski definition) is 1. The van der Waals surface area contributed by atoms with Crippen molar-refractivity contribution in [3.63, 3.8) is 0 Å². The van der Waals surface area contributed by atoms with Gasteiger partial charge in [-0.3, -0.25) is 0 Å². The molecule has 0 unspecified atom stereocenters. The van der Waals surface area contributed by atoms with E-state index in [1.807, 2.05) is 11.3 Å². The van der Waals surface area contributed by atoms with Crippen molar-refractivity contribution in [3.05, 3.63) is 90.3 Å². The highest BCUT2D eigenvalue weighted by molar-refractivity contribution is 7.17. The lowest BCUT2D eigenvalue weighted by Crippen LogP contribution is -1.94. The van der Waals surface area contributed by atoms with Crippen LogP contribution in [0, 0.1) is 0 Å². The molecule has 0 aliphatic heterocycles. The summed E-state index contributed by atoms with van der Waals surface area (Å²) in [5.74, 6) is 0. The minimum atomic E-state index is 1.24. The lowest BCUT2D eigenvalue weighted by Gasteiger charge is -2.11. The Morgan fingerprint density at radius 3 is 2.35 bits per heavy atom. The van der Waals surface area contributed by atoms with Crippen molar-refractivity contribution in [2.24, 2.45) is 0 Å². The van der Waals surface area contributed by atoms with Gasteiger partial charge in [0.25, 0.3) is 0 Å². The van der Waals surface area contributed by atoms with Gasteiger partial charge in [-0.05, 0) is 41.1 Å². The Balaban J connectivity index is 1.89. The molecule has 6 aromatic rings. The minimum Gasteiger partial charge on any atom is -0.309 e. The summed E-state index contributed by atoms with van der Waals surface area (Å²) in [5, 5.41) is 8.76. The molecule has 26 heavy (non-hydrogen) atoms. The predicted octanol–water partition coefficient (Wildman–Crippen LogP) is 7.15. The number of benzene rings is 4. The Labute approximate surface area is 154 Å². The molecule has 1 nitrogen and oxygen atoms in total. The zero-order chi connectivity index (χ0) is 17.1. The summed E-state index contributed by atoms with van der Waals surface area (Å²) in [7, 11) is 0. The predicted molar refractivity (Wildman–Crippen MR) is 114 cm³/mol. The summed E-state index contributed by atoms with van der Waals surface area (Å²) in [5.41, 5.74) is 3.77. The van der Waals surface area contributed by atoms with Crippen LogP contribution in [0.1, 0.15) is 0 Å². The van der Waals surface area contributed by atoms with E-state index in [1.54, 1.807) is 0 Å². The van der Waals surface area contributed by atoms with Gasteiger partial charge in [-0.15, -0.1) is 11.3 Å². The lowest BCUT2D eigenvalue weighted by atomic mass is 10.1. The van der Waals surface area contributed by atoms with Crippen molar-refractivity contribution in [2.45, 2.75) is 0 Å². The minimum absolute atomic E-state index is 1.24. The Kier molecular flexibility index (Phi) is 2.82. The SMILES string of the molecule is c1ccc2c(-n3c4ccccc4c4c5ccsc5ccc43)cccc2c1. The molecule has 0 radical (unpaired) electrons. The van der Waals surface area contributed by atoms with Crippen LogP contribution in [0.3, 0.4) is 0 Å². The van der Waals surface area contributed by atoms with Crippen LogP contribution < -0.4 is 0 Å². The fraction of sp³-hybridized carbons (Fsp3) is 0. The molecule has 2 heterocycles. The Morgan fingerprint density at radius 1 is 0.577 bits per heavy atom. The van der Waals surface area contributed by atoms with E-state index >= 15 is 0 Å². The number of fused-ring (bicyclic) bond motifs is 6. The first-order valence-corrected chi connectivity index (χ1v) is 9.67. The van der Waals surface area contributed by atoms with Gasteiger partial charge in [0, 0.05) is 26.2 Å². The molecular weight excluding hydrogens is 334 g/mol. The van der Waals surface area contributed by atoms with Gasteiger partial charge in [0.05, 0.1) is 16.7 Å². The largest absolute Gasteiger partial charge is 0.309 e. The maximum absolute atomic E-state index is 2.42. The molecule has 0 amide bonds. The van der Waals surface area contributed by atoms with Gasteiger partial charge < -0.3 is 4.57 Å². The highest BCUT2D eigenvalue weighted by atomic mass is 32.1. The first-order chi connectivity index (χ1) is 12.9.